The highest BCUT2D eigenvalue weighted by Gasteiger charge is 2.17. The van der Waals surface area contributed by atoms with Crippen LogP contribution in [0.15, 0.2) is 80.7 Å². The molecule has 0 atom stereocenters. The fourth-order valence-electron chi connectivity index (χ4n) is 3.01. The number of aryl methyl sites for hydroxylation is 1. The summed E-state index contributed by atoms with van der Waals surface area (Å²) in [5, 5.41) is 0.325. The van der Waals surface area contributed by atoms with Crippen molar-refractivity contribution in [3.63, 3.8) is 0 Å². The highest BCUT2D eigenvalue weighted by Crippen LogP contribution is 2.20. The van der Waals surface area contributed by atoms with Gasteiger partial charge in [0.25, 0.3) is 5.56 Å². The number of aromatic nitrogens is 2. The molecule has 0 unspecified atom stereocenters. The Morgan fingerprint density at radius 3 is 1.96 bits per heavy atom. The maximum absolute atomic E-state index is 13.2. The predicted molar refractivity (Wildman–Crippen MR) is 103 cm³/mol. The fourth-order valence-corrected chi connectivity index (χ4v) is 3.38. The molecule has 0 bridgehead atoms. The van der Waals surface area contributed by atoms with Gasteiger partial charge in [0.15, 0.2) is 4.77 Å². The van der Waals surface area contributed by atoms with Gasteiger partial charge in [-0.1, -0.05) is 36.4 Å². The highest BCUT2D eigenvalue weighted by molar-refractivity contribution is 7.71. The van der Waals surface area contributed by atoms with Crippen molar-refractivity contribution in [1.29, 1.82) is 0 Å². The van der Waals surface area contributed by atoms with E-state index in [-0.39, 0.29) is 16.0 Å². The van der Waals surface area contributed by atoms with Gasteiger partial charge in [-0.3, -0.25) is 13.9 Å². The van der Waals surface area contributed by atoms with E-state index in [1.54, 1.807) is 11.5 Å². The molecule has 4 aromatic rings. The molecule has 0 fully saturated rings. The largest absolute Gasteiger partial charge is 0.405 e. The van der Waals surface area contributed by atoms with Gasteiger partial charge in [0, 0.05) is 6.07 Å². The highest BCUT2D eigenvalue weighted by atomic mass is 32.1. The molecule has 2 heterocycles. The molecular formula is C20H14N2O3S. The normalized spacial score (nSPS) is 11.0. The van der Waals surface area contributed by atoms with Gasteiger partial charge in [-0.25, -0.2) is 4.79 Å². The van der Waals surface area contributed by atoms with Gasteiger partial charge in [-0.15, -0.1) is 0 Å². The maximum atomic E-state index is 13.2. The molecule has 0 N–H and O–H groups in total. The van der Waals surface area contributed by atoms with Crippen LogP contribution >= 0.6 is 12.2 Å². The van der Waals surface area contributed by atoms with E-state index in [1.165, 1.54) is 10.6 Å². The van der Waals surface area contributed by atoms with Crippen LogP contribution in [-0.2, 0) is 0 Å². The van der Waals surface area contributed by atoms with Gasteiger partial charge >= 0.3 is 5.63 Å². The third-order valence-electron chi connectivity index (χ3n) is 4.17. The third-order valence-corrected chi connectivity index (χ3v) is 4.54. The lowest BCUT2D eigenvalue weighted by Crippen LogP contribution is -2.25. The summed E-state index contributed by atoms with van der Waals surface area (Å²) in [6.45, 7) is 1.72. The molecule has 0 spiro atoms. The molecule has 0 saturated heterocycles. The summed E-state index contributed by atoms with van der Waals surface area (Å²) in [6, 6.07) is 19.8. The van der Waals surface area contributed by atoms with Gasteiger partial charge < -0.3 is 4.42 Å². The van der Waals surface area contributed by atoms with Gasteiger partial charge in [-0.2, -0.15) is 0 Å². The number of rotatable bonds is 2. The van der Waals surface area contributed by atoms with Gasteiger partial charge in [-0.05, 0) is 49.0 Å². The quantitative estimate of drug-likeness (QED) is 0.509. The van der Waals surface area contributed by atoms with Crippen molar-refractivity contribution in [1.82, 2.24) is 9.13 Å². The molecule has 2 aromatic carbocycles. The Kier molecular flexibility index (Phi) is 3.89. The van der Waals surface area contributed by atoms with Crippen molar-refractivity contribution in [2.24, 2.45) is 0 Å². The van der Waals surface area contributed by atoms with Crippen LogP contribution in [0.25, 0.3) is 22.5 Å². The summed E-state index contributed by atoms with van der Waals surface area (Å²) in [6.07, 6.45) is 0. The van der Waals surface area contributed by atoms with E-state index in [4.69, 9.17) is 16.6 Å². The molecular weight excluding hydrogens is 348 g/mol. The van der Waals surface area contributed by atoms with Crippen LogP contribution in [0.1, 0.15) is 5.56 Å². The van der Waals surface area contributed by atoms with E-state index in [1.807, 2.05) is 60.7 Å². The van der Waals surface area contributed by atoms with Crippen molar-refractivity contribution in [3.8, 4) is 11.4 Å². The lowest BCUT2D eigenvalue weighted by molar-refractivity contribution is 0.534. The van der Waals surface area contributed by atoms with Crippen molar-refractivity contribution in [2.75, 3.05) is 0 Å². The first-order valence-corrected chi connectivity index (χ1v) is 8.42. The SMILES string of the molecule is Cc1cc(=O)oc2c1c(=O)n(-c1ccccc1)c(=S)n2-c1ccccc1. The first kappa shape index (κ1) is 16.2. The first-order valence-electron chi connectivity index (χ1n) is 8.01. The Morgan fingerprint density at radius 2 is 1.38 bits per heavy atom. The van der Waals surface area contributed by atoms with E-state index < -0.39 is 5.63 Å². The molecule has 6 heteroatoms. The van der Waals surface area contributed by atoms with Crippen molar-refractivity contribution in [3.05, 3.63) is 97.8 Å². The predicted octanol–water partition coefficient (Wildman–Crippen LogP) is 3.77. The molecule has 0 aliphatic rings. The number of hydrogen-bond donors (Lipinski definition) is 0. The molecule has 0 aliphatic carbocycles. The summed E-state index contributed by atoms with van der Waals surface area (Å²) in [7, 11) is 0. The Morgan fingerprint density at radius 1 is 0.846 bits per heavy atom. The van der Waals surface area contributed by atoms with Crippen molar-refractivity contribution in [2.45, 2.75) is 6.92 Å². The zero-order valence-corrected chi connectivity index (χ0v) is 14.7. The number of nitrogens with zero attached hydrogens (tertiary/aromatic N) is 2. The molecule has 0 radical (unpaired) electrons. The second-order valence-electron chi connectivity index (χ2n) is 5.86. The van der Waals surface area contributed by atoms with Crippen LogP contribution in [0.3, 0.4) is 0 Å². The molecule has 4 rings (SSSR count). The monoisotopic (exact) mass is 362 g/mol. The van der Waals surface area contributed by atoms with Crippen LogP contribution in [0.4, 0.5) is 0 Å². The van der Waals surface area contributed by atoms with Crippen LogP contribution in [0.5, 0.6) is 0 Å². The molecule has 0 amide bonds. The Bertz CT molecular complexity index is 1290. The Balaban J connectivity index is 2.28. The maximum Gasteiger partial charge on any atom is 0.337 e. The minimum absolute atomic E-state index is 0.156. The van der Waals surface area contributed by atoms with Crippen LogP contribution in [0.2, 0.25) is 0 Å². The van der Waals surface area contributed by atoms with Crippen LogP contribution in [0, 0.1) is 11.7 Å². The summed E-state index contributed by atoms with van der Waals surface area (Å²) in [5.41, 5.74) is 1.23. The van der Waals surface area contributed by atoms with Crippen LogP contribution < -0.4 is 11.2 Å². The lowest BCUT2D eigenvalue weighted by atomic mass is 10.2. The van der Waals surface area contributed by atoms with E-state index in [0.717, 1.165) is 0 Å². The zero-order chi connectivity index (χ0) is 18.3. The molecule has 0 saturated carbocycles. The van der Waals surface area contributed by atoms with Gasteiger partial charge in [0.2, 0.25) is 5.71 Å². The lowest BCUT2D eigenvalue weighted by Gasteiger charge is -2.15. The number of hydrogen-bond acceptors (Lipinski definition) is 4. The van der Waals surface area contributed by atoms with E-state index in [2.05, 4.69) is 0 Å². The van der Waals surface area contributed by atoms with Crippen molar-refractivity contribution < 1.29 is 4.42 Å². The van der Waals surface area contributed by atoms with Gasteiger partial charge in [0.05, 0.1) is 11.4 Å². The number of para-hydroxylation sites is 2. The van der Waals surface area contributed by atoms with Crippen molar-refractivity contribution >= 4 is 23.3 Å². The summed E-state index contributed by atoms with van der Waals surface area (Å²) in [4.78, 5) is 25.1. The molecule has 26 heavy (non-hydrogen) atoms. The molecule has 5 nitrogen and oxygen atoms in total. The molecule has 0 aliphatic heterocycles. The van der Waals surface area contributed by atoms with E-state index in [0.29, 0.717) is 22.3 Å². The Labute approximate surface area is 153 Å². The summed E-state index contributed by atoms with van der Waals surface area (Å²) >= 11 is 5.62. The summed E-state index contributed by atoms with van der Waals surface area (Å²) < 4.78 is 8.71. The second-order valence-corrected chi connectivity index (χ2v) is 6.22. The Hall–Kier alpha value is -3.25. The minimum Gasteiger partial charge on any atom is -0.405 e. The van der Waals surface area contributed by atoms with Crippen LogP contribution in [-0.4, -0.2) is 9.13 Å². The minimum atomic E-state index is -0.522. The first-order chi connectivity index (χ1) is 12.6. The molecule has 128 valence electrons. The van der Waals surface area contributed by atoms with Gasteiger partial charge in [0.1, 0.15) is 5.39 Å². The second kappa shape index (κ2) is 6.24. The third kappa shape index (κ3) is 2.51. The fraction of sp³-hybridized carbons (Fsp3) is 0.0500. The smallest absolute Gasteiger partial charge is 0.337 e. The number of fused-ring (bicyclic) bond motifs is 1. The topological polar surface area (TPSA) is 57.1 Å². The average Bonchev–Trinajstić information content (AvgIpc) is 2.63. The molecule has 2 aromatic heterocycles. The zero-order valence-electron chi connectivity index (χ0n) is 13.9. The van der Waals surface area contributed by atoms with E-state index in [9.17, 15) is 9.59 Å². The standard InChI is InChI=1S/C20H14N2O3S/c1-13-12-16(23)25-19-17(13)18(24)21(14-8-4-2-5-9-14)20(26)22(19)15-10-6-3-7-11-15/h2-12H,1H3. The van der Waals surface area contributed by atoms with E-state index >= 15 is 0 Å². The average molecular weight is 362 g/mol. The summed E-state index contributed by atoms with van der Waals surface area (Å²) in [5.74, 6) is 0. The number of benzene rings is 2.